The first-order valence-corrected chi connectivity index (χ1v) is 5.88. The Balaban J connectivity index is 2.03. The van der Waals surface area contributed by atoms with E-state index in [9.17, 15) is 0 Å². The SMILES string of the molecule is CC(C)N1CCCC(c2nc(CO)no2)C1. The summed E-state index contributed by atoms with van der Waals surface area (Å²) in [5, 5.41) is 12.6. The lowest BCUT2D eigenvalue weighted by Gasteiger charge is -2.33. The Morgan fingerprint density at radius 3 is 3.00 bits per heavy atom. The van der Waals surface area contributed by atoms with Gasteiger partial charge in [0.25, 0.3) is 0 Å². The molecular formula is C11H19N3O2. The van der Waals surface area contributed by atoms with Crippen molar-refractivity contribution in [2.75, 3.05) is 13.1 Å². The van der Waals surface area contributed by atoms with Gasteiger partial charge in [0.05, 0.1) is 5.92 Å². The minimum absolute atomic E-state index is 0.149. The molecule has 0 radical (unpaired) electrons. The second-order valence-electron chi connectivity index (χ2n) is 4.63. The molecule has 1 fully saturated rings. The summed E-state index contributed by atoms with van der Waals surface area (Å²) in [6, 6.07) is 0.558. The third-order valence-electron chi connectivity index (χ3n) is 3.16. The summed E-state index contributed by atoms with van der Waals surface area (Å²) in [6.45, 7) is 6.38. The van der Waals surface area contributed by atoms with Crippen molar-refractivity contribution in [1.29, 1.82) is 0 Å². The number of piperidine rings is 1. The Morgan fingerprint density at radius 1 is 1.56 bits per heavy atom. The smallest absolute Gasteiger partial charge is 0.231 e. The molecular weight excluding hydrogens is 206 g/mol. The van der Waals surface area contributed by atoms with Gasteiger partial charge in [-0.05, 0) is 33.2 Å². The summed E-state index contributed by atoms with van der Waals surface area (Å²) < 4.78 is 5.18. The highest BCUT2D eigenvalue weighted by Crippen LogP contribution is 2.26. The third kappa shape index (κ3) is 2.41. The van der Waals surface area contributed by atoms with Crippen LogP contribution in [0.25, 0.3) is 0 Å². The number of aliphatic hydroxyl groups is 1. The predicted octanol–water partition coefficient (Wildman–Crippen LogP) is 1.15. The number of aromatic nitrogens is 2. The zero-order chi connectivity index (χ0) is 11.5. The largest absolute Gasteiger partial charge is 0.388 e. The van der Waals surface area contributed by atoms with E-state index < -0.39 is 0 Å². The molecule has 1 aromatic rings. The molecule has 1 aromatic heterocycles. The Morgan fingerprint density at radius 2 is 2.38 bits per heavy atom. The summed E-state index contributed by atoms with van der Waals surface area (Å²) in [4.78, 5) is 6.62. The van der Waals surface area contributed by atoms with Crippen molar-refractivity contribution in [2.45, 2.75) is 45.3 Å². The monoisotopic (exact) mass is 225 g/mol. The van der Waals surface area contributed by atoms with Crippen molar-refractivity contribution < 1.29 is 9.63 Å². The van der Waals surface area contributed by atoms with Crippen LogP contribution in [0.1, 0.15) is 44.3 Å². The number of rotatable bonds is 3. The minimum Gasteiger partial charge on any atom is -0.388 e. The maximum absolute atomic E-state index is 8.89. The average molecular weight is 225 g/mol. The van der Waals surface area contributed by atoms with Gasteiger partial charge in [-0.25, -0.2) is 0 Å². The van der Waals surface area contributed by atoms with Gasteiger partial charge in [-0.2, -0.15) is 4.98 Å². The molecule has 5 heteroatoms. The van der Waals surface area contributed by atoms with Crippen molar-refractivity contribution in [3.05, 3.63) is 11.7 Å². The Labute approximate surface area is 95.4 Å². The topological polar surface area (TPSA) is 62.4 Å². The number of nitrogens with zero attached hydrogens (tertiary/aromatic N) is 3. The van der Waals surface area contributed by atoms with Crippen molar-refractivity contribution in [2.24, 2.45) is 0 Å². The van der Waals surface area contributed by atoms with Crippen LogP contribution in [-0.4, -0.2) is 39.3 Å². The fourth-order valence-corrected chi connectivity index (χ4v) is 2.17. The van der Waals surface area contributed by atoms with Crippen molar-refractivity contribution in [1.82, 2.24) is 15.0 Å². The van der Waals surface area contributed by atoms with Gasteiger partial charge in [0.1, 0.15) is 6.61 Å². The van der Waals surface area contributed by atoms with Crippen LogP contribution in [0.3, 0.4) is 0 Å². The van der Waals surface area contributed by atoms with E-state index in [4.69, 9.17) is 9.63 Å². The van der Waals surface area contributed by atoms with Crippen LogP contribution in [0.4, 0.5) is 0 Å². The molecule has 0 bridgehead atoms. The Kier molecular flexibility index (Phi) is 3.56. The second-order valence-corrected chi connectivity index (χ2v) is 4.63. The Bertz CT molecular complexity index is 338. The summed E-state index contributed by atoms with van der Waals surface area (Å²) in [5.41, 5.74) is 0. The van der Waals surface area contributed by atoms with Crippen LogP contribution >= 0.6 is 0 Å². The summed E-state index contributed by atoms with van der Waals surface area (Å²) in [6.07, 6.45) is 2.26. The first kappa shape index (κ1) is 11.5. The van der Waals surface area contributed by atoms with E-state index in [1.807, 2.05) is 0 Å². The molecule has 0 spiro atoms. The molecule has 1 unspecified atom stereocenters. The molecule has 2 heterocycles. The van der Waals surface area contributed by atoms with Gasteiger partial charge >= 0.3 is 0 Å². The highest BCUT2D eigenvalue weighted by atomic mass is 16.5. The summed E-state index contributed by atoms with van der Waals surface area (Å²) >= 11 is 0. The highest BCUT2D eigenvalue weighted by Gasteiger charge is 2.26. The molecule has 90 valence electrons. The zero-order valence-corrected chi connectivity index (χ0v) is 9.89. The molecule has 1 atom stereocenters. The van der Waals surface area contributed by atoms with E-state index in [-0.39, 0.29) is 6.61 Å². The van der Waals surface area contributed by atoms with Gasteiger partial charge in [-0.15, -0.1) is 0 Å². The molecule has 0 amide bonds. The first-order valence-electron chi connectivity index (χ1n) is 5.88. The quantitative estimate of drug-likeness (QED) is 0.836. The zero-order valence-electron chi connectivity index (χ0n) is 9.89. The number of likely N-dealkylation sites (tertiary alicyclic amines) is 1. The van der Waals surface area contributed by atoms with E-state index in [2.05, 4.69) is 28.9 Å². The molecule has 1 saturated heterocycles. The van der Waals surface area contributed by atoms with Crippen molar-refractivity contribution in [3.63, 3.8) is 0 Å². The van der Waals surface area contributed by atoms with Gasteiger partial charge in [0.15, 0.2) is 5.82 Å². The van der Waals surface area contributed by atoms with Crippen molar-refractivity contribution in [3.8, 4) is 0 Å². The van der Waals surface area contributed by atoms with Crippen LogP contribution in [0.5, 0.6) is 0 Å². The van der Waals surface area contributed by atoms with Gasteiger partial charge < -0.3 is 14.5 Å². The Hall–Kier alpha value is -0.940. The van der Waals surface area contributed by atoms with Crippen LogP contribution in [0.15, 0.2) is 4.52 Å². The average Bonchev–Trinajstić information content (AvgIpc) is 2.77. The number of hydrogen-bond acceptors (Lipinski definition) is 5. The van der Waals surface area contributed by atoms with Gasteiger partial charge in [-0.1, -0.05) is 5.16 Å². The number of hydrogen-bond donors (Lipinski definition) is 1. The lowest BCUT2D eigenvalue weighted by atomic mass is 9.97. The van der Waals surface area contributed by atoms with E-state index in [1.165, 1.54) is 6.42 Å². The van der Waals surface area contributed by atoms with Crippen LogP contribution in [0.2, 0.25) is 0 Å². The molecule has 1 aliphatic heterocycles. The molecule has 0 saturated carbocycles. The molecule has 2 rings (SSSR count). The fraction of sp³-hybridized carbons (Fsp3) is 0.818. The predicted molar refractivity (Wildman–Crippen MR) is 58.9 cm³/mol. The molecule has 0 aromatic carbocycles. The van der Waals surface area contributed by atoms with Crippen LogP contribution in [-0.2, 0) is 6.61 Å². The molecule has 1 aliphatic rings. The summed E-state index contributed by atoms with van der Waals surface area (Å²) in [5.74, 6) is 1.38. The lowest BCUT2D eigenvalue weighted by molar-refractivity contribution is 0.153. The second kappa shape index (κ2) is 4.93. The van der Waals surface area contributed by atoms with E-state index in [0.29, 0.717) is 23.7 Å². The van der Waals surface area contributed by atoms with Crippen LogP contribution in [0, 0.1) is 0 Å². The van der Waals surface area contributed by atoms with Crippen molar-refractivity contribution >= 4 is 0 Å². The molecule has 1 N–H and O–H groups in total. The van der Waals surface area contributed by atoms with Crippen LogP contribution < -0.4 is 0 Å². The highest BCUT2D eigenvalue weighted by molar-refractivity contribution is 4.97. The maximum atomic E-state index is 8.89. The standard InChI is InChI=1S/C11H19N3O2/c1-8(2)14-5-3-4-9(6-14)11-12-10(7-15)13-16-11/h8-9,15H,3-7H2,1-2H3. The van der Waals surface area contributed by atoms with Gasteiger partial charge in [0.2, 0.25) is 5.89 Å². The maximum Gasteiger partial charge on any atom is 0.231 e. The van der Waals surface area contributed by atoms with Gasteiger partial charge in [0, 0.05) is 12.6 Å². The third-order valence-corrected chi connectivity index (χ3v) is 3.16. The molecule has 0 aliphatic carbocycles. The van der Waals surface area contributed by atoms with E-state index in [0.717, 1.165) is 19.5 Å². The van der Waals surface area contributed by atoms with E-state index >= 15 is 0 Å². The van der Waals surface area contributed by atoms with Gasteiger partial charge in [-0.3, -0.25) is 0 Å². The molecule has 16 heavy (non-hydrogen) atoms. The fourth-order valence-electron chi connectivity index (χ4n) is 2.17. The number of aliphatic hydroxyl groups excluding tert-OH is 1. The minimum atomic E-state index is -0.149. The summed E-state index contributed by atoms with van der Waals surface area (Å²) in [7, 11) is 0. The normalized spacial score (nSPS) is 22.9. The lowest BCUT2D eigenvalue weighted by Crippen LogP contribution is -2.39. The molecule has 5 nitrogen and oxygen atoms in total. The van der Waals surface area contributed by atoms with E-state index in [1.54, 1.807) is 0 Å². The first-order chi connectivity index (χ1) is 7.70.